The second-order valence-corrected chi connectivity index (χ2v) is 7.32. The van der Waals surface area contributed by atoms with Gasteiger partial charge in [0.05, 0.1) is 25.0 Å². The number of rotatable bonds is 8. The Balaban J connectivity index is 3.02. The van der Waals surface area contributed by atoms with Crippen molar-refractivity contribution in [3.8, 4) is 23.0 Å². The van der Waals surface area contributed by atoms with Crippen LogP contribution in [-0.2, 0) is 19.1 Å². The Labute approximate surface area is 187 Å². The molecule has 32 heavy (non-hydrogen) atoms. The summed E-state index contributed by atoms with van der Waals surface area (Å²) in [6.45, 7) is 7.65. The predicted molar refractivity (Wildman–Crippen MR) is 118 cm³/mol. The third-order valence-corrected chi connectivity index (χ3v) is 4.49. The van der Waals surface area contributed by atoms with Crippen LogP contribution in [0.4, 0.5) is 0 Å². The molecule has 0 N–H and O–H groups in total. The summed E-state index contributed by atoms with van der Waals surface area (Å²) < 4.78 is 27.6. The minimum Gasteiger partial charge on any atom is -0.496 e. The van der Waals surface area contributed by atoms with Gasteiger partial charge >= 0.3 is 17.9 Å². The summed E-state index contributed by atoms with van der Waals surface area (Å²) in [5, 5.41) is 0.732. The molecule has 2 aromatic rings. The van der Waals surface area contributed by atoms with E-state index in [1.807, 2.05) is 19.9 Å². The van der Waals surface area contributed by atoms with Gasteiger partial charge in [-0.25, -0.2) is 0 Å². The minimum atomic E-state index is -0.814. The quantitative estimate of drug-likeness (QED) is 0.329. The molecule has 1 atom stereocenters. The van der Waals surface area contributed by atoms with E-state index in [2.05, 4.69) is 0 Å². The van der Waals surface area contributed by atoms with E-state index in [-0.39, 0.29) is 11.5 Å². The number of hydrogen-bond donors (Lipinski definition) is 0. The fourth-order valence-corrected chi connectivity index (χ4v) is 3.31. The molecule has 0 bridgehead atoms. The predicted octanol–water partition coefficient (Wildman–Crippen LogP) is 4.67. The lowest BCUT2D eigenvalue weighted by Crippen LogP contribution is -2.14. The van der Waals surface area contributed by atoms with E-state index in [1.165, 1.54) is 41.1 Å². The van der Waals surface area contributed by atoms with Crippen molar-refractivity contribution in [3.05, 3.63) is 35.4 Å². The van der Waals surface area contributed by atoms with Crippen LogP contribution in [0.1, 0.15) is 52.7 Å². The Kier molecular flexibility index (Phi) is 8.23. The summed E-state index contributed by atoms with van der Waals surface area (Å²) in [5.74, 6) is -0.632. The highest BCUT2D eigenvalue weighted by atomic mass is 16.6. The van der Waals surface area contributed by atoms with Crippen LogP contribution >= 0.6 is 0 Å². The van der Waals surface area contributed by atoms with Crippen LogP contribution in [0.5, 0.6) is 23.0 Å². The number of fused-ring (bicyclic) bond motifs is 1. The highest BCUT2D eigenvalue weighted by molar-refractivity contribution is 6.04. The number of allylic oxidation sites excluding steroid dienone is 1. The summed E-state index contributed by atoms with van der Waals surface area (Å²) in [4.78, 5) is 35.8. The topological polar surface area (TPSA) is 97.4 Å². The number of benzene rings is 2. The van der Waals surface area contributed by atoms with E-state index < -0.39 is 24.0 Å². The average Bonchev–Trinajstić information content (AvgIpc) is 2.70. The van der Waals surface area contributed by atoms with Gasteiger partial charge in [-0.3, -0.25) is 14.4 Å². The normalized spacial score (nSPS) is 11.3. The van der Waals surface area contributed by atoms with E-state index >= 15 is 0 Å². The number of methoxy groups -OCH3 is 2. The fourth-order valence-electron chi connectivity index (χ4n) is 3.31. The molecule has 2 rings (SSSR count). The Morgan fingerprint density at radius 2 is 1.38 bits per heavy atom. The molecule has 0 amide bonds. The first-order chi connectivity index (χ1) is 15.1. The lowest BCUT2D eigenvalue weighted by molar-refractivity contribution is -0.146. The molecule has 0 saturated heterocycles. The van der Waals surface area contributed by atoms with Gasteiger partial charge in [0.15, 0.2) is 0 Å². The molecule has 0 aliphatic rings. The van der Waals surface area contributed by atoms with Gasteiger partial charge in [-0.15, -0.1) is 0 Å². The van der Waals surface area contributed by atoms with E-state index in [9.17, 15) is 14.4 Å². The first-order valence-corrected chi connectivity index (χ1v) is 9.98. The minimum absolute atomic E-state index is 0.132. The summed E-state index contributed by atoms with van der Waals surface area (Å²) in [6, 6.07) is 4.82. The van der Waals surface area contributed by atoms with Crippen molar-refractivity contribution in [2.75, 3.05) is 14.2 Å². The molecule has 8 heteroatoms. The van der Waals surface area contributed by atoms with Crippen LogP contribution in [0.2, 0.25) is 0 Å². The van der Waals surface area contributed by atoms with Gasteiger partial charge in [-0.2, -0.15) is 0 Å². The highest BCUT2D eigenvalue weighted by Crippen LogP contribution is 2.49. The Hall–Kier alpha value is -3.55. The molecule has 0 heterocycles. The van der Waals surface area contributed by atoms with Crippen molar-refractivity contribution in [2.45, 2.75) is 47.1 Å². The van der Waals surface area contributed by atoms with Crippen molar-refractivity contribution in [2.24, 2.45) is 0 Å². The fraction of sp³-hybridized carbons (Fsp3) is 0.375. The first kappa shape index (κ1) is 24.7. The third kappa shape index (κ3) is 5.78. The van der Waals surface area contributed by atoms with Crippen molar-refractivity contribution in [1.29, 1.82) is 0 Å². The Bertz CT molecular complexity index is 1060. The van der Waals surface area contributed by atoms with Gasteiger partial charge in [0.1, 0.15) is 29.1 Å². The Morgan fingerprint density at radius 1 is 0.812 bits per heavy atom. The smallest absolute Gasteiger partial charge is 0.308 e. The molecular weight excluding hydrogens is 416 g/mol. The number of hydrogen-bond acceptors (Lipinski definition) is 8. The first-order valence-electron chi connectivity index (χ1n) is 9.98. The lowest BCUT2D eigenvalue weighted by atomic mass is 9.96. The van der Waals surface area contributed by atoms with Crippen molar-refractivity contribution >= 4 is 28.7 Å². The molecule has 172 valence electrons. The van der Waals surface area contributed by atoms with E-state index in [0.717, 1.165) is 5.57 Å². The lowest BCUT2D eigenvalue weighted by Gasteiger charge is -2.23. The zero-order valence-corrected chi connectivity index (χ0v) is 19.4. The van der Waals surface area contributed by atoms with E-state index in [1.54, 1.807) is 12.1 Å². The zero-order chi connectivity index (χ0) is 24.0. The molecule has 0 fully saturated rings. The SMILES string of the molecule is COc1ccc(OC)c2c(OC(C)=O)c([C@@H](CC=C(C)C)OC(C)=O)cc(OC(C)=O)c12. The number of esters is 3. The molecule has 0 aliphatic carbocycles. The molecule has 0 unspecified atom stereocenters. The molecule has 2 aromatic carbocycles. The Morgan fingerprint density at radius 3 is 1.84 bits per heavy atom. The van der Waals surface area contributed by atoms with Crippen LogP contribution in [0.25, 0.3) is 10.8 Å². The molecular formula is C24H28O8. The monoisotopic (exact) mass is 444 g/mol. The summed E-state index contributed by atoms with van der Waals surface area (Å²) in [5.41, 5.74) is 1.36. The largest absolute Gasteiger partial charge is 0.496 e. The van der Waals surface area contributed by atoms with Crippen molar-refractivity contribution < 1.29 is 38.1 Å². The number of carbonyl (C=O) groups is 3. The van der Waals surface area contributed by atoms with Gasteiger partial charge < -0.3 is 23.7 Å². The van der Waals surface area contributed by atoms with Gasteiger partial charge in [0.25, 0.3) is 0 Å². The van der Waals surface area contributed by atoms with E-state index in [4.69, 9.17) is 23.7 Å². The van der Waals surface area contributed by atoms with Crippen LogP contribution in [0.3, 0.4) is 0 Å². The van der Waals surface area contributed by atoms with Gasteiger partial charge in [0.2, 0.25) is 0 Å². The maximum Gasteiger partial charge on any atom is 0.308 e. The molecule has 8 nitrogen and oxygen atoms in total. The third-order valence-electron chi connectivity index (χ3n) is 4.49. The van der Waals surface area contributed by atoms with Crippen molar-refractivity contribution in [1.82, 2.24) is 0 Å². The van der Waals surface area contributed by atoms with Crippen molar-refractivity contribution in [3.63, 3.8) is 0 Å². The zero-order valence-electron chi connectivity index (χ0n) is 19.4. The molecule has 0 saturated carbocycles. The maximum atomic E-state index is 12.0. The summed E-state index contributed by atoms with van der Waals surface area (Å²) in [6.07, 6.45) is 1.39. The van der Waals surface area contributed by atoms with Gasteiger partial charge in [0, 0.05) is 32.8 Å². The second kappa shape index (κ2) is 10.7. The van der Waals surface area contributed by atoms with Crippen LogP contribution in [-0.4, -0.2) is 32.1 Å². The van der Waals surface area contributed by atoms with Crippen LogP contribution < -0.4 is 18.9 Å². The van der Waals surface area contributed by atoms with E-state index in [0.29, 0.717) is 34.3 Å². The maximum absolute atomic E-state index is 12.0. The number of ether oxygens (including phenoxy) is 5. The highest BCUT2D eigenvalue weighted by Gasteiger charge is 2.28. The second-order valence-electron chi connectivity index (χ2n) is 7.32. The molecule has 0 spiro atoms. The molecule has 0 aromatic heterocycles. The van der Waals surface area contributed by atoms with Crippen LogP contribution in [0, 0.1) is 0 Å². The standard InChI is InChI=1S/C24H28O8/c1-13(2)8-9-18(30-14(3)25)17-12-21(31-15(4)26)22-19(28-6)10-11-20(29-7)23(22)24(17)32-16(5)27/h8,10-12,18H,9H2,1-7H3/t18-/m1/s1. The molecule has 0 radical (unpaired) electrons. The summed E-state index contributed by atoms with van der Waals surface area (Å²) >= 11 is 0. The van der Waals surface area contributed by atoms with Crippen LogP contribution in [0.15, 0.2) is 29.8 Å². The van der Waals surface area contributed by atoms with Gasteiger partial charge in [-0.1, -0.05) is 11.6 Å². The molecule has 0 aliphatic heterocycles. The summed E-state index contributed by atoms with van der Waals surface area (Å²) in [7, 11) is 2.93. The average molecular weight is 444 g/mol. The van der Waals surface area contributed by atoms with Gasteiger partial charge in [-0.05, 0) is 32.0 Å². The number of carbonyl (C=O) groups excluding carboxylic acids is 3.